The Morgan fingerprint density at radius 2 is 2.05 bits per heavy atom. The molecule has 0 unspecified atom stereocenters. The Labute approximate surface area is 122 Å². The molecule has 0 saturated carbocycles. The lowest BCUT2D eigenvalue weighted by molar-refractivity contribution is -0.0303. The molecule has 0 radical (unpaired) electrons. The fourth-order valence-electron chi connectivity index (χ4n) is 2.70. The van der Waals surface area contributed by atoms with Gasteiger partial charge in [-0.25, -0.2) is 0 Å². The molecule has 0 aromatic rings. The SMILES string of the molecule is C=NN(C)/C(=C\CC)CN(C)CC1(CO)CCOCC1. The Balaban J connectivity index is 2.62. The predicted octanol–water partition coefficient (Wildman–Crippen LogP) is 1.55. The molecular formula is C15H29N3O2. The molecule has 0 bridgehead atoms. The second-order valence-electron chi connectivity index (χ2n) is 5.71. The van der Waals surface area contributed by atoms with Gasteiger partial charge in [-0.15, -0.1) is 0 Å². The van der Waals surface area contributed by atoms with E-state index >= 15 is 0 Å². The van der Waals surface area contributed by atoms with Crippen LogP contribution >= 0.6 is 0 Å². The van der Waals surface area contributed by atoms with Crippen LogP contribution in [0.25, 0.3) is 0 Å². The Morgan fingerprint density at radius 1 is 1.40 bits per heavy atom. The fraction of sp³-hybridized carbons (Fsp3) is 0.800. The summed E-state index contributed by atoms with van der Waals surface area (Å²) in [4.78, 5) is 2.25. The van der Waals surface area contributed by atoms with Gasteiger partial charge >= 0.3 is 0 Å². The number of hydrazone groups is 1. The van der Waals surface area contributed by atoms with Gasteiger partial charge in [0, 0.05) is 51.2 Å². The van der Waals surface area contributed by atoms with Crippen molar-refractivity contribution in [2.45, 2.75) is 26.2 Å². The molecule has 5 heteroatoms. The van der Waals surface area contributed by atoms with E-state index in [9.17, 15) is 5.11 Å². The van der Waals surface area contributed by atoms with Crippen molar-refractivity contribution in [3.63, 3.8) is 0 Å². The highest BCUT2D eigenvalue weighted by molar-refractivity contribution is 5.23. The van der Waals surface area contributed by atoms with Gasteiger partial charge in [0.1, 0.15) is 0 Å². The summed E-state index contributed by atoms with van der Waals surface area (Å²) < 4.78 is 5.41. The van der Waals surface area contributed by atoms with E-state index in [2.05, 4.69) is 36.8 Å². The van der Waals surface area contributed by atoms with Crippen molar-refractivity contribution < 1.29 is 9.84 Å². The van der Waals surface area contributed by atoms with Crippen molar-refractivity contribution >= 4 is 6.72 Å². The summed E-state index contributed by atoms with van der Waals surface area (Å²) in [6.07, 6.45) is 5.00. The zero-order valence-electron chi connectivity index (χ0n) is 13.1. The minimum Gasteiger partial charge on any atom is -0.396 e. The first-order valence-corrected chi connectivity index (χ1v) is 7.33. The maximum absolute atomic E-state index is 9.75. The van der Waals surface area contributed by atoms with Crippen molar-refractivity contribution in [1.82, 2.24) is 9.91 Å². The van der Waals surface area contributed by atoms with Gasteiger partial charge in [-0.2, -0.15) is 5.10 Å². The van der Waals surface area contributed by atoms with Gasteiger partial charge in [0.15, 0.2) is 0 Å². The molecule has 1 fully saturated rings. The Kier molecular flexibility index (Phi) is 7.19. The molecule has 0 aromatic heterocycles. The van der Waals surface area contributed by atoms with Crippen LogP contribution in [0.15, 0.2) is 16.9 Å². The number of likely N-dealkylation sites (N-methyl/N-ethyl adjacent to an activating group) is 2. The quantitative estimate of drug-likeness (QED) is 0.542. The first kappa shape index (κ1) is 17.1. The third-order valence-corrected chi connectivity index (χ3v) is 3.99. The van der Waals surface area contributed by atoms with Crippen molar-refractivity contribution in [2.24, 2.45) is 10.5 Å². The highest BCUT2D eigenvalue weighted by Gasteiger charge is 2.33. The molecule has 1 aliphatic rings. The molecule has 1 saturated heterocycles. The van der Waals surface area contributed by atoms with Gasteiger partial charge in [-0.05, 0) is 26.3 Å². The number of hydrogen-bond donors (Lipinski definition) is 1. The van der Waals surface area contributed by atoms with Crippen LogP contribution in [-0.2, 0) is 4.74 Å². The third kappa shape index (κ3) is 4.89. The first-order chi connectivity index (χ1) is 9.56. The molecule has 0 aliphatic carbocycles. The molecule has 1 heterocycles. The van der Waals surface area contributed by atoms with Crippen molar-refractivity contribution in [1.29, 1.82) is 0 Å². The van der Waals surface area contributed by atoms with Crippen molar-refractivity contribution in [2.75, 3.05) is 47.0 Å². The summed E-state index contributed by atoms with van der Waals surface area (Å²) in [5, 5.41) is 15.5. The third-order valence-electron chi connectivity index (χ3n) is 3.99. The van der Waals surface area contributed by atoms with Gasteiger partial charge in [0.05, 0.1) is 6.61 Å². The monoisotopic (exact) mass is 283 g/mol. The molecule has 5 nitrogen and oxygen atoms in total. The lowest BCUT2D eigenvalue weighted by Gasteiger charge is -2.39. The Morgan fingerprint density at radius 3 is 2.55 bits per heavy atom. The van der Waals surface area contributed by atoms with Gasteiger partial charge in [0.2, 0.25) is 0 Å². The molecule has 1 aliphatic heterocycles. The summed E-state index contributed by atoms with van der Waals surface area (Å²) in [6.45, 7) is 9.10. The van der Waals surface area contributed by atoms with Gasteiger partial charge in [0.25, 0.3) is 0 Å². The van der Waals surface area contributed by atoms with Crippen LogP contribution < -0.4 is 0 Å². The van der Waals surface area contributed by atoms with E-state index in [1.165, 1.54) is 0 Å². The molecule has 0 amide bonds. The van der Waals surface area contributed by atoms with Crippen LogP contribution in [0.5, 0.6) is 0 Å². The van der Waals surface area contributed by atoms with Gasteiger partial charge in [-0.1, -0.05) is 13.0 Å². The van der Waals surface area contributed by atoms with Crippen LogP contribution in [0.3, 0.4) is 0 Å². The lowest BCUT2D eigenvalue weighted by atomic mass is 9.80. The number of ether oxygens (including phenoxy) is 1. The summed E-state index contributed by atoms with van der Waals surface area (Å²) >= 11 is 0. The average molecular weight is 283 g/mol. The zero-order valence-corrected chi connectivity index (χ0v) is 13.1. The lowest BCUT2D eigenvalue weighted by Crippen LogP contribution is -2.43. The van der Waals surface area contributed by atoms with Crippen LogP contribution in [0.2, 0.25) is 0 Å². The van der Waals surface area contributed by atoms with E-state index in [4.69, 9.17) is 4.74 Å². The second-order valence-corrected chi connectivity index (χ2v) is 5.71. The van der Waals surface area contributed by atoms with Gasteiger partial charge < -0.3 is 9.84 Å². The van der Waals surface area contributed by atoms with Crippen molar-refractivity contribution in [3.05, 3.63) is 11.8 Å². The molecule has 0 atom stereocenters. The minimum absolute atomic E-state index is 0.0233. The van der Waals surface area contributed by atoms with Crippen molar-refractivity contribution in [3.8, 4) is 0 Å². The maximum atomic E-state index is 9.75. The molecule has 20 heavy (non-hydrogen) atoms. The minimum atomic E-state index is -0.0233. The van der Waals surface area contributed by atoms with E-state index in [0.29, 0.717) is 0 Å². The van der Waals surface area contributed by atoms with E-state index in [1.54, 1.807) is 0 Å². The number of aliphatic hydroxyl groups is 1. The Bertz CT molecular complexity index is 325. The van der Waals surface area contributed by atoms with E-state index in [1.807, 2.05) is 12.1 Å². The molecule has 116 valence electrons. The van der Waals surface area contributed by atoms with E-state index < -0.39 is 0 Å². The molecule has 0 spiro atoms. The predicted molar refractivity (Wildman–Crippen MR) is 82.8 cm³/mol. The van der Waals surface area contributed by atoms with E-state index in [-0.39, 0.29) is 12.0 Å². The molecule has 1 N–H and O–H groups in total. The maximum Gasteiger partial charge on any atom is 0.0501 e. The second kappa shape index (κ2) is 8.39. The molecular weight excluding hydrogens is 254 g/mol. The first-order valence-electron chi connectivity index (χ1n) is 7.33. The Hall–Kier alpha value is -0.910. The standard InChI is InChI=1S/C15H29N3O2/c1-5-6-14(18(4)16-2)11-17(3)12-15(13-19)7-9-20-10-8-15/h6,19H,2,5,7-13H2,1,3-4H3/b14-6-. The van der Waals surface area contributed by atoms with Crippen LogP contribution in [-0.4, -0.2) is 68.7 Å². The van der Waals surface area contributed by atoms with E-state index in [0.717, 1.165) is 51.3 Å². The molecule has 1 rings (SSSR count). The summed E-state index contributed by atoms with van der Waals surface area (Å²) in [6, 6.07) is 0. The summed E-state index contributed by atoms with van der Waals surface area (Å²) in [5.41, 5.74) is 1.12. The summed E-state index contributed by atoms with van der Waals surface area (Å²) in [7, 11) is 4.01. The number of aliphatic hydroxyl groups excluding tert-OH is 1. The summed E-state index contributed by atoms with van der Waals surface area (Å²) in [5.74, 6) is 0. The largest absolute Gasteiger partial charge is 0.396 e. The number of allylic oxidation sites excluding steroid dienone is 1. The highest BCUT2D eigenvalue weighted by Crippen LogP contribution is 2.30. The number of rotatable bonds is 8. The number of hydrogen-bond acceptors (Lipinski definition) is 5. The zero-order chi connectivity index (χ0) is 15.0. The normalized spacial score (nSPS) is 19.1. The van der Waals surface area contributed by atoms with Crippen LogP contribution in [0.4, 0.5) is 0 Å². The average Bonchev–Trinajstić information content (AvgIpc) is 2.46. The topological polar surface area (TPSA) is 48.3 Å². The van der Waals surface area contributed by atoms with Crippen LogP contribution in [0, 0.1) is 5.41 Å². The highest BCUT2D eigenvalue weighted by atomic mass is 16.5. The fourth-order valence-corrected chi connectivity index (χ4v) is 2.70. The number of nitrogens with zero attached hydrogens (tertiary/aromatic N) is 3. The smallest absolute Gasteiger partial charge is 0.0501 e. The van der Waals surface area contributed by atoms with Gasteiger partial charge in [-0.3, -0.25) is 9.91 Å². The molecule has 0 aromatic carbocycles. The van der Waals surface area contributed by atoms with Crippen LogP contribution in [0.1, 0.15) is 26.2 Å².